The Balaban J connectivity index is 1.93. The molecule has 1 aliphatic rings. The van der Waals surface area contributed by atoms with Crippen LogP contribution in [0.5, 0.6) is 5.88 Å². The number of methoxy groups -OCH3 is 1. The number of halogens is 6. The number of nitrogens with two attached hydrogens (primary N) is 1. The number of ether oxygens (including phenoxy) is 1. The van der Waals surface area contributed by atoms with E-state index < -0.39 is 60.2 Å². The molecule has 8 nitrogen and oxygen atoms in total. The Kier molecular flexibility index (Phi) is 8.52. The summed E-state index contributed by atoms with van der Waals surface area (Å²) in [5.74, 6) is -6.36. The lowest BCUT2D eigenvalue weighted by molar-refractivity contribution is -0.148. The molecular formula is C24H26F6N6O2. The quantitative estimate of drug-likeness (QED) is 0.310. The van der Waals surface area contributed by atoms with E-state index in [0.29, 0.717) is 11.8 Å². The van der Waals surface area contributed by atoms with Gasteiger partial charge in [-0.1, -0.05) is 19.1 Å². The lowest BCUT2D eigenvalue weighted by Gasteiger charge is -2.43. The monoisotopic (exact) mass is 544 g/mol. The number of nitrogens with zero attached hydrogens (tertiary/aromatic N) is 4. The van der Waals surface area contributed by atoms with Crippen LogP contribution in [-0.2, 0) is 11.0 Å². The van der Waals surface area contributed by atoms with Crippen molar-refractivity contribution in [1.29, 1.82) is 0 Å². The molecule has 206 valence electrons. The predicted octanol–water partition coefficient (Wildman–Crippen LogP) is 4.00. The Morgan fingerprint density at radius 1 is 1.32 bits per heavy atom. The fraction of sp³-hybridized carbons (Fsp3) is 0.417. The zero-order chi connectivity index (χ0) is 28.3. The van der Waals surface area contributed by atoms with Crippen LogP contribution in [0.25, 0.3) is 5.57 Å². The summed E-state index contributed by atoms with van der Waals surface area (Å²) in [6.07, 6.45) is -3.48. The van der Waals surface area contributed by atoms with Gasteiger partial charge in [-0.05, 0) is 23.6 Å². The molecule has 2 aromatic rings. The largest absolute Gasteiger partial charge is 0.480 e. The van der Waals surface area contributed by atoms with Crippen molar-refractivity contribution < 1.29 is 35.9 Å². The van der Waals surface area contributed by atoms with Crippen LogP contribution in [0.4, 0.5) is 32.3 Å². The molecule has 2 atom stereocenters. The van der Waals surface area contributed by atoms with E-state index in [4.69, 9.17) is 10.5 Å². The summed E-state index contributed by atoms with van der Waals surface area (Å²) in [5, 5.41) is 2.71. The number of aliphatic imine (C=N–C) groups is 1. The number of nitrogens with one attached hydrogen (secondary N) is 1. The summed E-state index contributed by atoms with van der Waals surface area (Å²) < 4.78 is 86.5. The molecule has 3 N–H and O–H groups in total. The highest BCUT2D eigenvalue weighted by molar-refractivity contribution is 6.18. The minimum Gasteiger partial charge on any atom is -0.480 e. The normalized spacial score (nSPS) is 20.3. The minimum atomic E-state index is -4.75. The third-order valence-electron chi connectivity index (χ3n) is 6.00. The number of allylic oxidation sites excluding steroid dienone is 1. The molecular weight excluding hydrogens is 518 g/mol. The van der Waals surface area contributed by atoms with Crippen molar-refractivity contribution in [2.24, 2.45) is 16.6 Å². The number of likely N-dealkylation sites (tertiary alicyclic amines) is 1. The van der Waals surface area contributed by atoms with Crippen LogP contribution in [-0.4, -0.2) is 66.2 Å². The standard InChI is InChI=1S/C24H26F6N6O2/c1-13-8-23(26,27)12-36(21(37)19(31)16(9-32-2)14-4-6-15(25)7-5-14)18(13)11-34-22-33-10-17(24(28,29)30)20(35-22)38-3/h4-7,9-10,13,18H,8,11-12,31H2,1-3H3,(H,33,34,35)/t13?,18-/m1/s1. The molecule has 1 aliphatic heterocycles. The molecule has 1 saturated heterocycles. The van der Waals surface area contributed by atoms with Gasteiger partial charge < -0.3 is 20.7 Å². The van der Waals surface area contributed by atoms with Crippen LogP contribution < -0.4 is 15.8 Å². The van der Waals surface area contributed by atoms with Gasteiger partial charge in [-0.3, -0.25) is 9.79 Å². The maximum atomic E-state index is 14.5. The van der Waals surface area contributed by atoms with Crippen molar-refractivity contribution in [1.82, 2.24) is 14.9 Å². The molecule has 1 unspecified atom stereocenters. The zero-order valence-electron chi connectivity index (χ0n) is 20.7. The molecule has 3 rings (SSSR count). The Morgan fingerprint density at radius 2 is 1.97 bits per heavy atom. The molecule has 1 amide bonds. The first-order chi connectivity index (χ1) is 17.8. The van der Waals surface area contributed by atoms with Crippen LogP contribution >= 0.6 is 0 Å². The number of aromatic nitrogens is 2. The molecule has 0 aliphatic carbocycles. The van der Waals surface area contributed by atoms with Gasteiger partial charge in [0.1, 0.15) is 17.1 Å². The Hall–Kier alpha value is -3.84. The maximum absolute atomic E-state index is 14.5. The second-order valence-electron chi connectivity index (χ2n) is 8.75. The van der Waals surface area contributed by atoms with Gasteiger partial charge in [-0.2, -0.15) is 18.2 Å². The van der Waals surface area contributed by atoms with Gasteiger partial charge in [-0.25, -0.2) is 18.2 Å². The molecule has 0 bridgehead atoms. The van der Waals surface area contributed by atoms with Crippen LogP contribution in [0, 0.1) is 11.7 Å². The van der Waals surface area contributed by atoms with Gasteiger partial charge in [0.05, 0.1) is 19.7 Å². The third-order valence-corrected chi connectivity index (χ3v) is 6.00. The van der Waals surface area contributed by atoms with E-state index in [1.807, 2.05) is 0 Å². The van der Waals surface area contributed by atoms with Gasteiger partial charge in [0.2, 0.25) is 11.8 Å². The van der Waals surface area contributed by atoms with Crippen LogP contribution in [0.2, 0.25) is 0 Å². The minimum absolute atomic E-state index is 0.113. The number of hydrogen-bond donors (Lipinski definition) is 2. The Morgan fingerprint density at radius 3 is 2.55 bits per heavy atom. The van der Waals surface area contributed by atoms with E-state index in [0.717, 1.165) is 24.1 Å². The summed E-state index contributed by atoms with van der Waals surface area (Å²) in [6.45, 7) is 0.404. The first-order valence-electron chi connectivity index (χ1n) is 11.4. The van der Waals surface area contributed by atoms with E-state index in [2.05, 4.69) is 20.3 Å². The fourth-order valence-electron chi connectivity index (χ4n) is 4.20. The molecule has 0 saturated carbocycles. The number of alkyl halides is 5. The van der Waals surface area contributed by atoms with Crippen LogP contribution in [0.15, 0.2) is 41.2 Å². The Labute approximate surface area is 214 Å². The Bertz CT molecular complexity index is 1220. The number of anilines is 1. The third kappa shape index (κ3) is 6.53. The highest BCUT2D eigenvalue weighted by Crippen LogP contribution is 2.37. The number of benzene rings is 1. The molecule has 14 heteroatoms. The van der Waals surface area contributed by atoms with E-state index in [1.165, 1.54) is 32.3 Å². The SMILES string of the molecule is CN=CC(=C(N)C(=O)N1CC(F)(F)CC(C)[C@H]1CNc1ncc(C(F)(F)F)c(OC)n1)c1ccc(F)cc1. The van der Waals surface area contributed by atoms with E-state index in [1.54, 1.807) is 0 Å². The smallest absolute Gasteiger partial charge is 0.423 e. The van der Waals surface area contributed by atoms with Gasteiger partial charge in [0, 0.05) is 38.0 Å². The maximum Gasteiger partial charge on any atom is 0.423 e. The first kappa shape index (κ1) is 28.7. The summed E-state index contributed by atoms with van der Waals surface area (Å²) in [4.78, 5) is 25.6. The second kappa shape index (κ2) is 11.3. The molecule has 1 fully saturated rings. The predicted molar refractivity (Wildman–Crippen MR) is 128 cm³/mol. The number of piperidine rings is 1. The number of carbonyl (C=O) groups excluding carboxylic acids is 1. The van der Waals surface area contributed by atoms with Crippen molar-refractivity contribution in [3.05, 3.63) is 53.1 Å². The highest BCUT2D eigenvalue weighted by Gasteiger charge is 2.46. The van der Waals surface area contributed by atoms with E-state index >= 15 is 0 Å². The average molecular weight is 545 g/mol. The molecule has 38 heavy (non-hydrogen) atoms. The van der Waals surface area contributed by atoms with Crippen molar-refractivity contribution in [3.8, 4) is 5.88 Å². The first-order valence-corrected chi connectivity index (χ1v) is 11.4. The van der Waals surface area contributed by atoms with Crippen molar-refractivity contribution in [3.63, 3.8) is 0 Å². The number of hydrogen-bond acceptors (Lipinski definition) is 7. The molecule has 1 aromatic carbocycles. The molecule has 0 radical (unpaired) electrons. The van der Waals surface area contributed by atoms with Crippen molar-refractivity contribution in [2.75, 3.05) is 32.6 Å². The summed E-state index contributed by atoms with van der Waals surface area (Å²) in [7, 11) is 2.43. The summed E-state index contributed by atoms with van der Waals surface area (Å²) in [6, 6.07) is 4.19. The topological polar surface area (TPSA) is 106 Å². The van der Waals surface area contributed by atoms with Gasteiger partial charge >= 0.3 is 6.18 Å². The van der Waals surface area contributed by atoms with Crippen LogP contribution in [0.1, 0.15) is 24.5 Å². The fourth-order valence-corrected chi connectivity index (χ4v) is 4.20. The van der Waals surface area contributed by atoms with E-state index in [9.17, 15) is 31.1 Å². The summed E-state index contributed by atoms with van der Waals surface area (Å²) >= 11 is 0. The zero-order valence-corrected chi connectivity index (χ0v) is 20.7. The van der Waals surface area contributed by atoms with Crippen molar-refractivity contribution in [2.45, 2.75) is 31.5 Å². The number of rotatable bonds is 7. The lowest BCUT2D eigenvalue weighted by atomic mass is 9.88. The van der Waals surface area contributed by atoms with Gasteiger partial charge in [0.15, 0.2) is 0 Å². The highest BCUT2D eigenvalue weighted by atomic mass is 19.4. The molecule has 2 heterocycles. The van der Waals surface area contributed by atoms with Gasteiger partial charge in [0.25, 0.3) is 11.8 Å². The molecule has 1 aromatic heterocycles. The molecule has 0 spiro atoms. The van der Waals surface area contributed by atoms with Crippen LogP contribution in [0.3, 0.4) is 0 Å². The number of amides is 1. The van der Waals surface area contributed by atoms with Gasteiger partial charge in [-0.15, -0.1) is 0 Å². The average Bonchev–Trinajstić information content (AvgIpc) is 2.85. The lowest BCUT2D eigenvalue weighted by Crippen LogP contribution is -2.58. The summed E-state index contributed by atoms with van der Waals surface area (Å²) in [5.41, 5.74) is 5.03. The van der Waals surface area contributed by atoms with E-state index in [-0.39, 0.29) is 23.8 Å². The van der Waals surface area contributed by atoms with Crippen molar-refractivity contribution >= 4 is 23.6 Å². The number of carbonyl (C=O) groups is 1. The second-order valence-corrected chi connectivity index (χ2v) is 8.75.